The summed E-state index contributed by atoms with van der Waals surface area (Å²) in [5.74, 6) is 0.465. The number of hydrogen-bond donors (Lipinski definition) is 2. The summed E-state index contributed by atoms with van der Waals surface area (Å²) in [4.78, 5) is 13.6. The van der Waals surface area contributed by atoms with E-state index in [1.165, 1.54) is 10.5 Å². The minimum Gasteiger partial charge on any atom is -0.376 e. The number of carbonyl (C=O) groups excluding carboxylic acids is 1. The predicted octanol–water partition coefficient (Wildman–Crippen LogP) is 2.99. The lowest BCUT2D eigenvalue weighted by Crippen LogP contribution is -2.52. The number of ether oxygens (including phenoxy) is 1. The van der Waals surface area contributed by atoms with E-state index in [9.17, 15) is 26.4 Å². The number of halogens is 3. The molecular formula is C21H30F3N3O4S. The van der Waals surface area contributed by atoms with Crippen LogP contribution in [-0.4, -0.2) is 69.7 Å². The zero-order chi connectivity index (χ0) is 23.4. The van der Waals surface area contributed by atoms with Gasteiger partial charge in [-0.15, -0.1) is 0 Å². The van der Waals surface area contributed by atoms with Crippen LogP contribution in [0, 0.1) is 0 Å². The molecule has 0 radical (unpaired) electrons. The highest BCUT2D eigenvalue weighted by Crippen LogP contribution is 2.34. The molecule has 0 unspecified atom stereocenters. The highest BCUT2D eigenvalue weighted by atomic mass is 32.2. The van der Waals surface area contributed by atoms with Gasteiger partial charge in [0.25, 0.3) is 0 Å². The lowest BCUT2D eigenvalue weighted by Gasteiger charge is -2.33. The average molecular weight is 478 g/mol. The van der Waals surface area contributed by atoms with Crippen LogP contribution in [0.3, 0.4) is 0 Å². The molecule has 1 aliphatic heterocycles. The van der Waals surface area contributed by atoms with Crippen molar-refractivity contribution in [2.45, 2.75) is 62.4 Å². The number of rotatable bonds is 7. The Kier molecular flexibility index (Phi) is 8.05. The monoisotopic (exact) mass is 477 g/mol. The second kappa shape index (κ2) is 10.4. The van der Waals surface area contributed by atoms with Gasteiger partial charge >= 0.3 is 12.2 Å². The molecule has 11 heteroatoms. The Balaban J connectivity index is 1.57. The van der Waals surface area contributed by atoms with E-state index in [0.717, 1.165) is 31.9 Å². The number of benzene rings is 1. The molecular weight excluding hydrogens is 447 g/mol. The van der Waals surface area contributed by atoms with E-state index in [1.54, 1.807) is 0 Å². The van der Waals surface area contributed by atoms with Gasteiger partial charge in [0.1, 0.15) is 6.54 Å². The van der Waals surface area contributed by atoms with Crippen LogP contribution in [0.15, 0.2) is 30.3 Å². The minimum absolute atomic E-state index is 0.0328. The van der Waals surface area contributed by atoms with E-state index in [1.807, 2.05) is 23.5 Å². The molecule has 0 aromatic heterocycles. The van der Waals surface area contributed by atoms with E-state index < -0.39 is 40.9 Å². The van der Waals surface area contributed by atoms with Crippen LogP contribution < -0.4 is 10.0 Å². The molecule has 32 heavy (non-hydrogen) atoms. The third-order valence-electron chi connectivity index (χ3n) is 6.06. The summed E-state index contributed by atoms with van der Waals surface area (Å²) in [6, 6.07) is 8.09. The zero-order valence-electron chi connectivity index (χ0n) is 18.0. The molecule has 7 nitrogen and oxygen atoms in total. The summed E-state index contributed by atoms with van der Waals surface area (Å²) in [6.45, 7) is -1.23. The van der Waals surface area contributed by atoms with Gasteiger partial charge < -0.3 is 15.0 Å². The average Bonchev–Trinajstić information content (AvgIpc) is 3.11. The fraction of sp³-hybridized carbons (Fsp3) is 0.667. The Labute approximate surface area is 186 Å². The maximum absolute atomic E-state index is 12.5. The SMILES string of the molecule is CS(=O)(=O)N[C@H]1CCN(C(=O)NCC(F)(F)F)[C@H]1CO[C@H]1CC[C@@H](c2ccccc2)CC1. The molecule has 1 saturated heterocycles. The quantitative estimate of drug-likeness (QED) is 0.632. The third-order valence-corrected chi connectivity index (χ3v) is 6.79. The topological polar surface area (TPSA) is 87.7 Å². The van der Waals surface area contributed by atoms with Gasteiger partial charge in [-0.25, -0.2) is 17.9 Å². The van der Waals surface area contributed by atoms with Gasteiger partial charge in [0.05, 0.1) is 25.0 Å². The molecule has 1 saturated carbocycles. The lowest BCUT2D eigenvalue weighted by atomic mass is 9.83. The Morgan fingerprint density at radius 2 is 1.78 bits per heavy atom. The molecule has 1 heterocycles. The van der Waals surface area contributed by atoms with Gasteiger partial charge in [0.15, 0.2) is 0 Å². The van der Waals surface area contributed by atoms with E-state index in [-0.39, 0.29) is 19.3 Å². The smallest absolute Gasteiger partial charge is 0.376 e. The Morgan fingerprint density at radius 3 is 2.38 bits per heavy atom. The Hall–Kier alpha value is -1.85. The Morgan fingerprint density at radius 1 is 1.12 bits per heavy atom. The van der Waals surface area contributed by atoms with Crippen molar-refractivity contribution in [1.29, 1.82) is 0 Å². The number of nitrogens with one attached hydrogen (secondary N) is 2. The van der Waals surface area contributed by atoms with Gasteiger partial charge in [0, 0.05) is 12.6 Å². The van der Waals surface area contributed by atoms with Crippen molar-refractivity contribution in [2.75, 3.05) is 26.0 Å². The molecule has 2 aliphatic rings. The van der Waals surface area contributed by atoms with Crippen molar-refractivity contribution in [2.24, 2.45) is 0 Å². The molecule has 0 spiro atoms. The first kappa shape index (κ1) is 24.8. The van der Waals surface area contributed by atoms with E-state index in [2.05, 4.69) is 16.9 Å². The van der Waals surface area contributed by atoms with Crippen molar-refractivity contribution in [3.8, 4) is 0 Å². The van der Waals surface area contributed by atoms with Crippen molar-refractivity contribution in [3.05, 3.63) is 35.9 Å². The number of carbonyl (C=O) groups is 1. The van der Waals surface area contributed by atoms with Crippen molar-refractivity contribution in [3.63, 3.8) is 0 Å². The van der Waals surface area contributed by atoms with Gasteiger partial charge in [-0.1, -0.05) is 30.3 Å². The minimum atomic E-state index is -4.52. The van der Waals surface area contributed by atoms with Crippen molar-refractivity contribution in [1.82, 2.24) is 14.9 Å². The van der Waals surface area contributed by atoms with Crippen LogP contribution in [0.1, 0.15) is 43.6 Å². The van der Waals surface area contributed by atoms with E-state index >= 15 is 0 Å². The summed E-state index contributed by atoms with van der Waals surface area (Å²) in [6.07, 6.45) is 0.343. The summed E-state index contributed by atoms with van der Waals surface area (Å²) in [5, 5.41) is 1.87. The number of alkyl halides is 3. The molecule has 2 atom stereocenters. The summed E-state index contributed by atoms with van der Waals surface area (Å²) >= 11 is 0. The van der Waals surface area contributed by atoms with Crippen LogP contribution in [-0.2, 0) is 14.8 Å². The third kappa shape index (κ3) is 7.35. The number of hydrogen-bond acceptors (Lipinski definition) is 4. The van der Waals surface area contributed by atoms with Crippen molar-refractivity contribution < 1.29 is 31.1 Å². The van der Waals surface area contributed by atoms with E-state index in [4.69, 9.17) is 4.74 Å². The molecule has 1 aromatic rings. The van der Waals surface area contributed by atoms with Crippen LogP contribution in [0.25, 0.3) is 0 Å². The van der Waals surface area contributed by atoms with E-state index in [0.29, 0.717) is 12.3 Å². The fourth-order valence-electron chi connectivity index (χ4n) is 4.52. The molecule has 180 valence electrons. The molecule has 2 amide bonds. The normalized spacial score (nSPS) is 26.8. The number of likely N-dealkylation sites (tertiary alicyclic amines) is 1. The molecule has 2 fully saturated rings. The predicted molar refractivity (Wildman–Crippen MR) is 114 cm³/mol. The number of sulfonamides is 1. The number of nitrogens with zero attached hydrogens (tertiary/aromatic N) is 1. The van der Waals surface area contributed by atoms with Crippen LogP contribution in [0.4, 0.5) is 18.0 Å². The van der Waals surface area contributed by atoms with Crippen LogP contribution in [0.5, 0.6) is 0 Å². The van der Waals surface area contributed by atoms with Gasteiger partial charge in [-0.3, -0.25) is 0 Å². The molecule has 3 rings (SSSR count). The maximum atomic E-state index is 12.5. The first-order valence-corrected chi connectivity index (χ1v) is 12.7. The largest absolute Gasteiger partial charge is 0.405 e. The highest BCUT2D eigenvalue weighted by molar-refractivity contribution is 7.88. The number of urea groups is 1. The van der Waals surface area contributed by atoms with Crippen LogP contribution in [0.2, 0.25) is 0 Å². The first-order valence-electron chi connectivity index (χ1n) is 10.8. The van der Waals surface area contributed by atoms with Gasteiger partial charge in [0.2, 0.25) is 10.0 Å². The molecule has 2 N–H and O–H groups in total. The fourth-order valence-corrected chi connectivity index (χ4v) is 5.35. The maximum Gasteiger partial charge on any atom is 0.405 e. The summed E-state index contributed by atoms with van der Waals surface area (Å²) in [5.41, 5.74) is 1.30. The van der Waals surface area contributed by atoms with Gasteiger partial charge in [-0.2, -0.15) is 13.2 Å². The summed E-state index contributed by atoms with van der Waals surface area (Å²) < 4.78 is 69.5. The standard InChI is InChI=1S/C21H30F3N3O4S/c1-32(29,30)26-18-11-12-27(20(28)25-14-21(22,23)24)19(18)13-31-17-9-7-16(8-10-17)15-5-3-2-4-6-15/h2-6,16-19,26H,7-14H2,1H3,(H,25,28)/t16-,17+,18-,19-/m0/s1. The van der Waals surface area contributed by atoms with Gasteiger partial charge in [-0.05, 0) is 43.6 Å². The molecule has 1 aromatic carbocycles. The lowest BCUT2D eigenvalue weighted by molar-refractivity contribution is -0.123. The second-order valence-electron chi connectivity index (χ2n) is 8.54. The molecule has 1 aliphatic carbocycles. The number of amides is 2. The van der Waals surface area contributed by atoms with Crippen molar-refractivity contribution >= 4 is 16.1 Å². The first-order chi connectivity index (χ1) is 15.0. The highest BCUT2D eigenvalue weighted by Gasteiger charge is 2.40. The second-order valence-corrected chi connectivity index (χ2v) is 10.3. The van der Waals surface area contributed by atoms with Crippen LogP contribution >= 0.6 is 0 Å². The zero-order valence-corrected chi connectivity index (χ0v) is 18.8. The molecule has 0 bridgehead atoms. The summed E-state index contributed by atoms with van der Waals surface area (Å²) in [7, 11) is -3.55. The Bertz CT molecular complexity index is 859.